The van der Waals surface area contributed by atoms with Gasteiger partial charge in [-0.1, -0.05) is 163 Å². The Morgan fingerprint density at radius 3 is 1.32 bits per heavy atom. The first kappa shape index (κ1) is 40.1. The highest BCUT2D eigenvalue weighted by molar-refractivity contribution is 6.05. The number of benzene rings is 8. The van der Waals surface area contributed by atoms with E-state index in [9.17, 15) is 0 Å². The van der Waals surface area contributed by atoms with Gasteiger partial charge in [0, 0.05) is 16.7 Å². The van der Waals surface area contributed by atoms with Crippen molar-refractivity contribution in [1.29, 1.82) is 0 Å². The summed E-state index contributed by atoms with van der Waals surface area (Å²) in [5.41, 5.74) is 19.0. The van der Waals surface area contributed by atoms with Crippen LogP contribution in [0.5, 0.6) is 0 Å². The van der Waals surface area contributed by atoms with E-state index < -0.39 is 0 Å². The van der Waals surface area contributed by atoms with Crippen molar-refractivity contribution in [1.82, 2.24) is 15.0 Å². The molecule has 0 atom stereocenters. The molecular formula is C57H51N5. The SMILES string of the molecule is Cc1cc(C)c(N(c2ccc(C)c(N(c3nc(-c4ccccc4)nc(-c4ccccc4)n3)c3ccc4ccccc4c3-c3ccccc3)c2C)c2c(C)cc(C)cc2C)c(C)c1. The zero-order valence-electron chi connectivity index (χ0n) is 36.8. The lowest BCUT2D eigenvalue weighted by atomic mass is 9.94. The summed E-state index contributed by atoms with van der Waals surface area (Å²) in [4.78, 5) is 20.8. The second-order valence-corrected chi connectivity index (χ2v) is 16.6. The maximum atomic E-state index is 5.44. The molecule has 0 radical (unpaired) electrons. The van der Waals surface area contributed by atoms with Crippen LogP contribution in [0.3, 0.4) is 0 Å². The highest BCUT2D eigenvalue weighted by Crippen LogP contribution is 2.50. The lowest BCUT2D eigenvalue weighted by Crippen LogP contribution is -2.21. The van der Waals surface area contributed by atoms with Crippen LogP contribution in [0, 0.1) is 55.4 Å². The van der Waals surface area contributed by atoms with Crippen molar-refractivity contribution in [2.24, 2.45) is 0 Å². The number of hydrogen-bond acceptors (Lipinski definition) is 5. The number of fused-ring (bicyclic) bond motifs is 1. The second-order valence-electron chi connectivity index (χ2n) is 16.6. The van der Waals surface area contributed by atoms with Crippen molar-refractivity contribution in [2.75, 3.05) is 9.80 Å². The summed E-state index contributed by atoms with van der Waals surface area (Å²) in [7, 11) is 0. The highest BCUT2D eigenvalue weighted by Gasteiger charge is 2.30. The van der Waals surface area contributed by atoms with E-state index in [1.54, 1.807) is 0 Å². The Labute approximate surface area is 366 Å². The molecule has 5 heteroatoms. The van der Waals surface area contributed by atoms with Crippen molar-refractivity contribution in [3.8, 4) is 33.9 Å². The average molecular weight is 806 g/mol. The minimum absolute atomic E-state index is 0.533. The smallest absolute Gasteiger partial charge is 0.238 e. The molecule has 0 spiro atoms. The van der Waals surface area contributed by atoms with Crippen LogP contribution in [0.2, 0.25) is 0 Å². The van der Waals surface area contributed by atoms with Crippen molar-refractivity contribution in [2.45, 2.75) is 55.4 Å². The molecule has 62 heavy (non-hydrogen) atoms. The first-order chi connectivity index (χ1) is 30.1. The van der Waals surface area contributed by atoms with Crippen LogP contribution in [0.15, 0.2) is 164 Å². The zero-order chi connectivity index (χ0) is 43.1. The summed E-state index contributed by atoms with van der Waals surface area (Å²) >= 11 is 0. The summed E-state index contributed by atoms with van der Waals surface area (Å²) < 4.78 is 0. The molecule has 0 saturated carbocycles. The van der Waals surface area contributed by atoms with Crippen molar-refractivity contribution in [3.05, 3.63) is 208 Å². The molecule has 0 N–H and O–H groups in total. The standard InChI is InChI=1S/C57H51N5/c1-36-32-39(4)52(40(5)33-36)61(53-41(6)34-37(2)35-42(53)7)49-30-28-38(3)54(43(49)8)62(50-31-29-44-20-18-19-27-48(44)51(50)45-21-12-9-13-22-45)57-59-55(46-23-14-10-15-24-46)58-56(60-57)47-25-16-11-17-26-47/h9-35H,1-8H3. The summed E-state index contributed by atoms with van der Waals surface area (Å²) in [6.07, 6.45) is 0. The molecule has 304 valence electrons. The molecule has 0 aliphatic carbocycles. The van der Waals surface area contributed by atoms with Crippen molar-refractivity contribution < 1.29 is 0 Å². The first-order valence-electron chi connectivity index (χ1n) is 21.4. The van der Waals surface area contributed by atoms with E-state index >= 15 is 0 Å². The quantitative estimate of drug-likeness (QED) is 0.145. The number of nitrogens with zero attached hydrogens (tertiary/aromatic N) is 5. The fourth-order valence-corrected chi connectivity index (χ4v) is 9.39. The summed E-state index contributed by atoms with van der Waals surface area (Å²) in [6, 6.07) is 58.0. The highest BCUT2D eigenvalue weighted by atomic mass is 15.3. The van der Waals surface area contributed by atoms with E-state index in [4.69, 9.17) is 15.0 Å². The van der Waals surface area contributed by atoms with Crippen molar-refractivity contribution >= 4 is 45.2 Å². The van der Waals surface area contributed by atoms with Gasteiger partial charge in [-0.15, -0.1) is 0 Å². The van der Waals surface area contributed by atoms with E-state index in [-0.39, 0.29) is 0 Å². The summed E-state index contributed by atoms with van der Waals surface area (Å²) in [5, 5.41) is 2.30. The van der Waals surface area contributed by atoms with Crippen LogP contribution < -0.4 is 9.80 Å². The van der Waals surface area contributed by atoms with Gasteiger partial charge in [-0.3, -0.25) is 4.90 Å². The van der Waals surface area contributed by atoms with Crippen LogP contribution in [0.4, 0.5) is 34.4 Å². The average Bonchev–Trinajstić information content (AvgIpc) is 3.27. The third-order valence-electron chi connectivity index (χ3n) is 11.9. The van der Waals surface area contributed by atoms with E-state index in [2.05, 4.69) is 193 Å². The number of anilines is 6. The Kier molecular flexibility index (Phi) is 10.7. The predicted molar refractivity (Wildman–Crippen MR) is 261 cm³/mol. The van der Waals surface area contributed by atoms with Crippen LogP contribution in [-0.2, 0) is 0 Å². The first-order valence-corrected chi connectivity index (χ1v) is 21.4. The fraction of sp³-hybridized carbons (Fsp3) is 0.140. The van der Waals surface area contributed by atoms with Gasteiger partial charge in [0.2, 0.25) is 5.95 Å². The predicted octanol–water partition coefficient (Wildman–Crippen LogP) is 15.4. The molecule has 5 nitrogen and oxygen atoms in total. The molecule has 0 aliphatic rings. The lowest BCUT2D eigenvalue weighted by molar-refractivity contribution is 1.01. The van der Waals surface area contributed by atoms with E-state index in [0.717, 1.165) is 61.2 Å². The monoisotopic (exact) mass is 805 g/mol. The normalized spacial score (nSPS) is 11.2. The minimum Gasteiger partial charge on any atom is -0.309 e. The number of hydrogen-bond donors (Lipinski definition) is 0. The van der Waals surface area contributed by atoms with Crippen LogP contribution >= 0.6 is 0 Å². The topological polar surface area (TPSA) is 45.2 Å². The molecule has 8 aromatic carbocycles. The molecule has 0 aliphatic heterocycles. The molecule has 0 unspecified atom stereocenters. The van der Waals surface area contributed by atoms with Gasteiger partial charge < -0.3 is 4.90 Å². The molecule has 9 aromatic rings. The van der Waals surface area contributed by atoms with Gasteiger partial charge in [-0.05, 0) is 117 Å². The van der Waals surface area contributed by atoms with E-state index in [0.29, 0.717) is 17.6 Å². The zero-order valence-corrected chi connectivity index (χ0v) is 36.8. The molecule has 1 aromatic heterocycles. The fourth-order valence-electron chi connectivity index (χ4n) is 9.39. The largest absolute Gasteiger partial charge is 0.309 e. The molecular weight excluding hydrogens is 755 g/mol. The lowest BCUT2D eigenvalue weighted by Gasteiger charge is -2.35. The van der Waals surface area contributed by atoms with Gasteiger partial charge in [0.05, 0.1) is 28.4 Å². The summed E-state index contributed by atoms with van der Waals surface area (Å²) in [6.45, 7) is 17.8. The van der Waals surface area contributed by atoms with Crippen LogP contribution in [0.25, 0.3) is 44.7 Å². The Morgan fingerprint density at radius 1 is 0.355 bits per heavy atom. The van der Waals surface area contributed by atoms with Gasteiger partial charge in [0.1, 0.15) is 0 Å². The molecule has 0 saturated heterocycles. The van der Waals surface area contributed by atoms with Gasteiger partial charge in [-0.2, -0.15) is 9.97 Å². The Hall–Kier alpha value is -7.37. The third kappa shape index (κ3) is 7.41. The van der Waals surface area contributed by atoms with Gasteiger partial charge in [0.15, 0.2) is 11.6 Å². The van der Waals surface area contributed by atoms with Crippen molar-refractivity contribution in [3.63, 3.8) is 0 Å². The molecule has 1 heterocycles. The van der Waals surface area contributed by atoms with E-state index in [1.807, 2.05) is 36.4 Å². The molecule has 9 rings (SSSR count). The molecule has 0 amide bonds. The van der Waals surface area contributed by atoms with Crippen LogP contribution in [-0.4, -0.2) is 15.0 Å². The van der Waals surface area contributed by atoms with E-state index in [1.165, 1.54) is 44.8 Å². The van der Waals surface area contributed by atoms with Gasteiger partial charge >= 0.3 is 0 Å². The Balaban J connectivity index is 1.42. The van der Waals surface area contributed by atoms with Gasteiger partial charge in [-0.25, -0.2) is 4.98 Å². The maximum Gasteiger partial charge on any atom is 0.238 e. The number of aryl methyl sites for hydroxylation is 7. The Morgan fingerprint density at radius 2 is 0.806 bits per heavy atom. The number of rotatable bonds is 9. The summed E-state index contributed by atoms with van der Waals surface area (Å²) in [5.74, 6) is 1.74. The number of aromatic nitrogens is 3. The minimum atomic E-state index is 0.533. The third-order valence-corrected chi connectivity index (χ3v) is 11.9. The van der Waals surface area contributed by atoms with Crippen LogP contribution in [0.1, 0.15) is 44.5 Å². The molecule has 0 bridgehead atoms. The maximum absolute atomic E-state index is 5.44. The van der Waals surface area contributed by atoms with Gasteiger partial charge in [0.25, 0.3) is 0 Å². The Bertz CT molecular complexity index is 2940. The molecule has 0 fully saturated rings. The second kappa shape index (κ2) is 16.6.